The van der Waals surface area contributed by atoms with E-state index in [2.05, 4.69) is 34.1 Å². The molecule has 0 amide bonds. The molecule has 0 aliphatic heterocycles. The fourth-order valence-electron chi connectivity index (χ4n) is 1.64. The van der Waals surface area contributed by atoms with Crippen molar-refractivity contribution in [1.29, 1.82) is 0 Å². The SMILES string of the molecule is NC1Cc2cccc(Br)c2C1. The minimum atomic E-state index is 0.337. The van der Waals surface area contributed by atoms with Gasteiger partial charge >= 0.3 is 0 Å². The van der Waals surface area contributed by atoms with Gasteiger partial charge in [-0.3, -0.25) is 0 Å². The van der Waals surface area contributed by atoms with Crippen LogP contribution in [-0.2, 0) is 12.8 Å². The van der Waals surface area contributed by atoms with Gasteiger partial charge in [0.05, 0.1) is 0 Å². The number of hydrogen-bond donors (Lipinski definition) is 1. The summed E-state index contributed by atoms with van der Waals surface area (Å²) >= 11 is 3.52. The Hall–Kier alpha value is -0.340. The predicted octanol–water partition coefficient (Wildman–Crippen LogP) is 1.88. The van der Waals surface area contributed by atoms with Crippen molar-refractivity contribution in [2.75, 3.05) is 0 Å². The van der Waals surface area contributed by atoms with Crippen LogP contribution in [0.2, 0.25) is 0 Å². The van der Waals surface area contributed by atoms with Crippen molar-refractivity contribution in [2.45, 2.75) is 18.9 Å². The summed E-state index contributed by atoms with van der Waals surface area (Å²) < 4.78 is 1.21. The number of halogens is 1. The van der Waals surface area contributed by atoms with E-state index in [1.807, 2.05) is 0 Å². The first-order valence-corrected chi connectivity index (χ1v) is 4.58. The molecule has 0 radical (unpaired) electrons. The van der Waals surface area contributed by atoms with E-state index in [9.17, 15) is 0 Å². The molecule has 2 rings (SSSR count). The molecule has 0 spiro atoms. The Morgan fingerprint density at radius 2 is 2.18 bits per heavy atom. The number of fused-ring (bicyclic) bond motifs is 1. The molecule has 1 unspecified atom stereocenters. The Bertz CT molecular complexity index is 283. The van der Waals surface area contributed by atoms with Crippen LogP contribution in [0.5, 0.6) is 0 Å². The van der Waals surface area contributed by atoms with Gasteiger partial charge in [-0.05, 0) is 30.0 Å². The van der Waals surface area contributed by atoms with Gasteiger partial charge in [-0.2, -0.15) is 0 Å². The first kappa shape index (κ1) is 7.32. The maximum atomic E-state index is 5.83. The molecule has 1 nitrogen and oxygen atoms in total. The summed E-state index contributed by atoms with van der Waals surface area (Å²) in [4.78, 5) is 0. The molecule has 1 aliphatic carbocycles. The molecule has 0 heterocycles. The van der Waals surface area contributed by atoms with Crippen molar-refractivity contribution in [2.24, 2.45) is 5.73 Å². The van der Waals surface area contributed by atoms with Crippen LogP contribution in [0, 0.1) is 0 Å². The topological polar surface area (TPSA) is 26.0 Å². The molecule has 1 aromatic carbocycles. The Labute approximate surface area is 74.7 Å². The van der Waals surface area contributed by atoms with Gasteiger partial charge in [0.1, 0.15) is 0 Å². The first-order chi connectivity index (χ1) is 5.27. The summed E-state index contributed by atoms with van der Waals surface area (Å²) in [6.07, 6.45) is 2.06. The number of nitrogens with two attached hydrogens (primary N) is 1. The van der Waals surface area contributed by atoms with E-state index in [4.69, 9.17) is 5.73 Å². The number of hydrogen-bond acceptors (Lipinski definition) is 1. The molecule has 0 saturated heterocycles. The highest BCUT2D eigenvalue weighted by Gasteiger charge is 2.19. The Morgan fingerprint density at radius 3 is 2.91 bits per heavy atom. The second-order valence-corrected chi connectivity index (χ2v) is 3.90. The predicted molar refractivity (Wildman–Crippen MR) is 49.5 cm³/mol. The molecule has 0 aromatic heterocycles. The molecular weight excluding hydrogens is 202 g/mol. The van der Waals surface area contributed by atoms with Crippen molar-refractivity contribution >= 4 is 15.9 Å². The molecule has 1 aliphatic rings. The Kier molecular flexibility index (Phi) is 1.74. The molecule has 1 aromatic rings. The highest BCUT2D eigenvalue weighted by Crippen LogP contribution is 2.27. The van der Waals surface area contributed by atoms with E-state index in [0.717, 1.165) is 12.8 Å². The van der Waals surface area contributed by atoms with Crippen LogP contribution in [0.15, 0.2) is 22.7 Å². The van der Waals surface area contributed by atoms with Gasteiger partial charge in [-0.25, -0.2) is 0 Å². The summed E-state index contributed by atoms with van der Waals surface area (Å²) in [6, 6.07) is 6.65. The Morgan fingerprint density at radius 1 is 1.36 bits per heavy atom. The average molecular weight is 212 g/mol. The van der Waals surface area contributed by atoms with Crippen molar-refractivity contribution in [1.82, 2.24) is 0 Å². The smallest absolute Gasteiger partial charge is 0.0210 e. The van der Waals surface area contributed by atoms with Gasteiger partial charge < -0.3 is 5.73 Å². The maximum Gasteiger partial charge on any atom is 0.0210 e. The molecule has 11 heavy (non-hydrogen) atoms. The molecule has 58 valence electrons. The molecular formula is C9H10BrN. The lowest BCUT2D eigenvalue weighted by molar-refractivity contribution is 0.720. The number of benzene rings is 1. The molecule has 0 bridgehead atoms. The lowest BCUT2D eigenvalue weighted by Crippen LogP contribution is -2.19. The fraction of sp³-hybridized carbons (Fsp3) is 0.333. The Balaban J connectivity index is 2.49. The van der Waals surface area contributed by atoms with Gasteiger partial charge in [-0.15, -0.1) is 0 Å². The summed E-state index contributed by atoms with van der Waals surface area (Å²) in [7, 11) is 0. The van der Waals surface area contributed by atoms with Gasteiger partial charge in [0.2, 0.25) is 0 Å². The first-order valence-electron chi connectivity index (χ1n) is 3.79. The largest absolute Gasteiger partial charge is 0.327 e. The highest BCUT2D eigenvalue weighted by atomic mass is 79.9. The quantitative estimate of drug-likeness (QED) is 0.698. The third kappa shape index (κ3) is 1.21. The standard InChI is InChI=1S/C9H10BrN/c10-9-3-1-2-6-4-7(11)5-8(6)9/h1-3,7H,4-5,11H2. The molecule has 1 atom stereocenters. The number of rotatable bonds is 0. The van der Waals surface area contributed by atoms with Gasteiger partial charge in [0.25, 0.3) is 0 Å². The van der Waals surface area contributed by atoms with Gasteiger partial charge in [0.15, 0.2) is 0 Å². The average Bonchev–Trinajstić information content (AvgIpc) is 2.31. The molecule has 0 fully saturated rings. The van der Waals surface area contributed by atoms with Crippen molar-refractivity contribution < 1.29 is 0 Å². The summed E-state index contributed by atoms with van der Waals surface area (Å²) in [5, 5.41) is 0. The second kappa shape index (κ2) is 2.61. The molecule has 2 heteroatoms. The molecule has 2 N–H and O–H groups in total. The van der Waals surface area contributed by atoms with Crippen LogP contribution in [0.3, 0.4) is 0 Å². The lowest BCUT2D eigenvalue weighted by Gasteiger charge is -1.99. The third-order valence-corrected chi connectivity index (χ3v) is 2.91. The highest BCUT2D eigenvalue weighted by molar-refractivity contribution is 9.10. The van der Waals surface area contributed by atoms with Crippen LogP contribution in [0.4, 0.5) is 0 Å². The van der Waals surface area contributed by atoms with Crippen molar-refractivity contribution in [3.05, 3.63) is 33.8 Å². The van der Waals surface area contributed by atoms with E-state index >= 15 is 0 Å². The monoisotopic (exact) mass is 211 g/mol. The lowest BCUT2D eigenvalue weighted by atomic mass is 10.1. The van der Waals surface area contributed by atoms with E-state index in [1.54, 1.807) is 0 Å². The second-order valence-electron chi connectivity index (χ2n) is 3.05. The fourth-order valence-corrected chi connectivity index (χ4v) is 2.21. The minimum absolute atomic E-state index is 0.337. The van der Waals surface area contributed by atoms with Crippen LogP contribution >= 0.6 is 15.9 Å². The summed E-state index contributed by atoms with van der Waals surface area (Å²) in [5.41, 5.74) is 8.64. The summed E-state index contributed by atoms with van der Waals surface area (Å²) in [6.45, 7) is 0. The van der Waals surface area contributed by atoms with Crippen LogP contribution < -0.4 is 5.73 Å². The summed E-state index contributed by atoms with van der Waals surface area (Å²) in [5.74, 6) is 0. The van der Waals surface area contributed by atoms with E-state index in [0.29, 0.717) is 6.04 Å². The zero-order chi connectivity index (χ0) is 7.84. The van der Waals surface area contributed by atoms with Gasteiger partial charge in [-0.1, -0.05) is 28.1 Å². The van der Waals surface area contributed by atoms with E-state index < -0.39 is 0 Å². The zero-order valence-corrected chi connectivity index (χ0v) is 7.76. The van der Waals surface area contributed by atoms with E-state index in [-0.39, 0.29) is 0 Å². The van der Waals surface area contributed by atoms with Crippen molar-refractivity contribution in [3.63, 3.8) is 0 Å². The maximum absolute atomic E-state index is 5.83. The third-order valence-electron chi connectivity index (χ3n) is 2.16. The van der Waals surface area contributed by atoms with Crippen LogP contribution in [0.1, 0.15) is 11.1 Å². The van der Waals surface area contributed by atoms with Crippen LogP contribution in [0.25, 0.3) is 0 Å². The zero-order valence-electron chi connectivity index (χ0n) is 6.18. The van der Waals surface area contributed by atoms with Crippen LogP contribution in [-0.4, -0.2) is 6.04 Å². The van der Waals surface area contributed by atoms with E-state index in [1.165, 1.54) is 15.6 Å². The van der Waals surface area contributed by atoms with Gasteiger partial charge in [0, 0.05) is 10.5 Å². The van der Waals surface area contributed by atoms with Crippen molar-refractivity contribution in [3.8, 4) is 0 Å². The minimum Gasteiger partial charge on any atom is -0.327 e. The molecule has 0 saturated carbocycles. The normalized spacial score (nSPS) is 21.8.